The van der Waals surface area contributed by atoms with E-state index in [-0.39, 0.29) is 11.8 Å². The molecule has 136 valence electrons. The number of likely N-dealkylation sites (N-methyl/N-ethyl adjacent to an activating group) is 1. The second-order valence-electron chi connectivity index (χ2n) is 6.61. The molecule has 6 nitrogen and oxygen atoms in total. The summed E-state index contributed by atoms with van der Waals surface area (Å²) < 4.78 is 5.26. The molecule has 25 heavy (non-hydrogen) atoms. The van der Waals surface area contributed by atoms with E-state index in [4.69, 9.17) is 16.3 Å². The average molecular weight is 366 g/mol. The molecule has 0 bridgehead atoms. The van der Waals surface area contributed by atoms with Gasteiger partial charge in [0.05, 0.1) is 12.8 Å². The summed E-state index contributed by atoms with van der Waals surface area (Å²) in [6, 6.07) is 5.03. The number of halogens is 1. The van der Waals surface area contributed by atoms with Crippen molar-refractivity contribution >= 4 is 29.1 Å². The summed E-state index contributed by atoms with van der Waals surface area (Å²) in [5.41, 5.74) is -0.434. The average Bonchev–Trinajstić information content (AvgIpc) is 3.43. The number of carbonyl (C=O) groups is 2. The highest BCUT2D eigenvalue weighted by atomic mass is 35.5. The van der Waals surface area contributed by atoms with Crippen molar-refractivity contribution in [3.05, 3.63) is 23.2 Å². The van der Waals surface area contributed by atoms with Crippen molar-refractivity contribution in [2.45, 2.75) is 19.8 Å². The number of ether oxygens (including phenoxy) is 1. The van der Waals surface area contributed by atoms with Crippen molar-refractivity contribution in [2.75, 3.05) is 45.2 Å². The zero-order valence-corrected chi connectivity index (χ0v) is 15.4. The van der Waals surface area contributed by atoms with Crippen molar-refractivity contribution in [1.82, 2.24) is 9.80 Å². The van der Waals surface area contributed by atoms with E-state index in [9.17, 15) is 9.59 Å². The second-order valence-corrected chi connectivity index (χ2v) is 7.04. The molecule has 2 fully saturated rings. The van der Waals surface area contributed by atoms with Crippen LogP contribution in [0.3, 0.4) is 0 Å². The lowest BCUT2D eigenvalue weighted by Gasteiger charge is -2.35. The zero-order valence-electron chi connectivity index (χ0n) is 14.7. The van der Waals surface area contributed by atoms with E-state index in [0.29, 0.717) is 42.4 Å². The number of nitrogens with one attached hydrogen (secondary N) is 1. The molecule has 1 aromatic carbocycles. The molecular formula is C18H24ClN3O3. The van der Waals surface area contributed by atoms with Crippen LogP contribution in [-0.2, 0) is 9.59 Å². The number of carbonyl (C=O) groups excluding carboxylic acids is 2. The molecule has 7 heteroatoms. The SMILES string of the molecule is CCN1CCN(C(=O)C2(C(=O)Nc3cc(Cl)ccc3OC)CC2)CC1. The molecule has 1 aliphatic carbocycles. The molecule has 0 radical (unpaired) electrons. The lowest BCUT2D eigenvalue weighted by Crippen LogP contribution is -2.52. The van der Waals surface area contributed by atoms with Crippen LogP contribution >= 0.6 is 11.6 Å². The van der Waals surface area contributed by atoms with E-state index < -0.39 is 5.41 Å². The van der Waals surface area contributed by atoms with E-state index in [1.165, 1.54) is 7.11 Å². The van der Waals surface area contributed by atoms with Crippen molar-refractivity contribution in [1.29, 1.82) is 0 Å². The van der Waals surface area contributed by atoms with Gasteiger partial charge in [0, 0.05) is 31.2 Å². The number of piperazine rings is 1. The Labute approximate surface area is 153 Å². The summed E-state index contributed by atoms with van der Waals surface area (Å²) in [5, 5.41) is 3.34. The van der Waals surface area contributed by atoms with Gasteiger partial charge in [-0.3, -0.25) is 9.59 Å². The maximum atomic E-state index is 12.9. The first-order valence-electron chi connectivity index (χ1n) is 8.67. The summed E-state index contributed by atoms with van der Waals surface area (Å²) in [6.07, 6.45) is 1.18. The molecule has 1 saturated heterocycles. The van der Waals surface area contributed by atoms with E-state index in [0.717, 1.165) is 19.6 Å². The predicted octanol–water partition coefficient (Wildman–Crippen LogP) is 2.23. The van der Waals surface area contributed by atoms with Gasteiger partial charge < -0.3 is 19.9 Å². The Kier molecular flexibility index (Phi) is 5.20. The fraction of sp³-hybridized carbons (Fsp3) is 0.556. The van der Waals surface area contributed by atoms with Gasteiger partial charge in [-0.25, -0.2) is 0 Å². The fourth-order valence-electron chi connectivity index (χ4n) is 3.25. The fourth-order valence-corrected chi connectivity index (χ4v) is 3.42. The number of anilines is 1. The van der Waals surface area contributed by atoms with Gasteiger partial charge in [0.15, 0.2) is 0 Å². The lowest BCUT2D eigenvalue weighted by atomic mass is 10.0. The third-order valence-corrected chi connectivity index (χ3v) is 5.35. The largest absolute Gasteiger partial charge is 0.495 e. The molecule has 1 heterocycles. The van der Waals surface area contributed by atoms with Crippen molar-refractivity contribution < 1.29 is 14.3 Å². The first-order chi connectivity index (χ1) is 12.0. The Balaban J connectivity index is 1.69. The van der Waals surface area contributed by atoms with E-state index >= 15 is 0 Å². The molecule has 2 aliphatic rings. The summed E-state index contributed by atoms with van der Waals surface area (Å²) >= 11 is 6.01. The predicted molar refractivity (Wildman–Crippen MR) is 97.0 cm³/mol. The van der Waals surface area contributed by atoms with Gasteiger partial charge in [-0.15, -0.1) is 0 Å². The summed E-state index contributed by atoms with van der Waals surface area (Å²) in [5.74, 6) is 0.204. The molecule has 1 aliphatic heterocycles. The minimum Gasteiger partial charge on any atom is -0.495 e. The van der Waals surface area contributed by atoms with Crippen LogP contribution in [0.1, 0.15) is 19.8 Å². The first-order valence-corrected chi connectivity index (χ1v) is 9.04. The number of amides is 2. The summed E-state index contributed by atoms with van der Waals surface area (Å²) in [6.45, 7) is 6.20. The van der Waals surface area contributed by atoms with Gasteiger partial charge in [0.1, 0.15) is 11.2 Å². The lowest BCUT2D eigenvalue weighted by molar-refractivity contribution is -0.143. The second kappa shape index (κ2) is 7.22. The van der Waals surface area contributed by atoms with Gasteiger partial charge in [0.25, 0.3) is 0 Å². The Hall–Kier alpha value is -1.79. The Bertz CT molecular complexity index is 668. The molecule has 1 saturated carbocycles. The normalized spacial score (nSPS) is 19.4. The molecule has 0 spiro atoms. The van der Waals surface area contributed by atoms with Crippen LogP contribution in [0.15, 0.2) is 18.2 Å². The molecule has 3 rings (SSSR count). The van der Waals surface area contributed by atoms with Crippen molar-refractivity contribution in [3.8, 4) is 5.75 Å². The minimum absolute atomic E-state index is 0.0539. The maximum Gasteiger partial charge on any atom is 0.240 e. The molecular weight excluding hydrogens is 342 g/mol. The van der Waals surface area contributed by atoms with Crippen LogP contribution in [0.25, 0.3) is 0 Å². The quantitative estimate of drug-likeness (QED) is 0.813. The molecule has 2 amide bonds. The van der Waals surface area contributed by atoms with Crippen LogP contribution in [0.4, 0.5) is 5.69 Å². The van der Waals surface area contributed by atoms with Crippen molar-refractivity contribution in [2.24, 2.45) is 5.41 Å². The number of benzene rings is 1. The van der Waals surface area contributed by atoms with Gasteiger partial charge in [0.2, 0.25) is 11.8 Å². The molecule has 1 aromatic rings. The number of methoxy groups -OCH3 is 1. The third-order valence-electron chi connectivity index (χ3n) is 5.11. The Morgan fingerprint density at radius 2 is 1.92 bits per heavy atom. The van der Waals surface area contributed by atoms with E-state index in [1.54, 1.807) is 18.2 Å². The molecule has 0 unspecified atom stereocenters. The standard InChI is InChI=1S/C18H24ClN3O3/c1-3-21-8-10-22(11-9-21)17(24)18(6-7-18)16(23)20-14-12-13(19)4-5-15(14)25-2/h4-5,12H,3,6-11H2,1-2H3,(H,20,23). The number of hydrogen-bond donors (Lipinski definition) is 1. The highest BCUT2D eigenvalue weighted by molar-refractivity contribution is 6.31. The van der Waals surface area contributed by atoms with Crippen LogP contribution in [0, 0.1) is 5.41 Å². The topological polar surface area (TPSA) is 61.9 Å². The number of nitrogens with zero attached hydrogens (tertiary/aromatic N) is 2. The third kappa shape index (κ3) is 3.60. The van der Waals surface area contributed by atoms with Crippen LogP contribution in [0.2, 0.25) is 5.02 Å². The van der Waals surface area contributed by atoms with Gasteiger partial charge in [-0.1, -0.05) is 18.5 Å². The van der Waals surface area contributed by atoms with Gasteiger partial charge in [-0.05, 0) is 37.6 Å². The van der Waals surface area contributed by atoms with Gasteiger partial charge >= 0.3 is 0 Å². The first kappa shape index (κ1) is 18.0. The Morgan fingerprint density at radius 1 is 1.24 bits per heavy atom. The Morgan fingerprint density at radius 3 is 2.48 bits per heavy atom. The molecule has 1 N–H and O–H groups in total. The van der Waals surface area contributed by atoms with E-state index in [1.807, 2.05) is 4.90 Å². The maximum absolute atomic E-state index is 12.9. The number of rotatable bonds is 5. The van der Waals surface area contributed by atoms with Gasteiger partial charge in [-0.2, -0.15) is 0 Å². The summed E-state index contributed by atoms with van der Waals surface area (Å²) in [4.78, 5) is 29.9. The highest BCUT2D eigenvalue weighted by Gasteiger charge is 2.58. The van der Waals surface area contributed by atoms with Crippen LogP contribution in [-0.4, -0.2) is 61.4 Å². The van der Waals surface area contributed by atoms with Crippen LogP contribution < -0.4 is 10.1 Å². The number of hydrogen-bond acceptors (Lipinski definition) is 4. The monoisotopic (exact) mass is 365 g/mol. The minimum atomic E-state index is -0.929. The molecule has 0 aromatic heterocycles. The highest BCUT2D eigenvalue weighted by Crippen LogP contribution is 2.48. The smallest absolute Gasteiger partial charge is 0.240 e. The van der Waals surface area contributed by atoms with Crippen LogP contribution in [0.5, 0.6) is 5.75 Å². The zero-order chi connectivity index (χ0) is 18.0. The molecule has 0 atom stereocenters. The van der Waals surface area contributed by atoms with E-state index in [2.05, 4.69) is 17.1 Å². The van der Waals surface area contributed by atoms with Crippen molar-refractivity contribution in [3.63, 3.8) is 0 Å². The summed E-state index contributed by atoms with van der Waals surface area (Å²) in [7, 11) is 1.53.